The maximum atomic E-state index is 14.5. The molecule has 0 aliphatic rings. The molecule has 0 spiro atoms. The van der Waals surface area contributed by atoms with E-state index in [0.29, 0.717) is 11.3 Å². The number of ketones is 1. The maximum Gasteiger partial charge on any atom is 0.345 e. The molecule has 14 nitrogen and oxygen atoms in total. The van der Waals surface area contributed by atoms with Crippen molar-refractivity contribution in [3.8, 4) is 11.5 Å². The van der Waals surface area contributed by atoms with Gasteiger partial charge in [-0.2, -0.15) is 0 Å². The third-order valence-corrected chi connectivity index (χ3v) is 40.8. The van der Waals surface area contributed by atoms with Crippen LogP contribution in [0, 0.1) is 0 Å². The first-order valence-corrected chi connectivity index (χ1v) is 45.2. The van der Waals surface area contributed by atoms with E-state index in [4.69, 9.17) is 43.2 Å². The van der Waals surface area contributed by atoms with Crippen molar-refractivity contribution in [1.29, 1.82) is 0 Å². The zero-order valence-electron chi connectivity index (χ0n) is 58.2. The molecule has 0 aliphatic heterocycles. The molecular formula is C67H111NO13Si5. The first-order valence-electron chi connectivity index (χ1n) is 30.6. The minimum absolute atomic E-state index is 0.000789. The van der Waals surface area contributed by atoms with E-state index in [2.05, 4.69) is 167 Å². The van der Waals surface area contributed by atoms with Crippen molar-refractivity contribution >= 4 is 76.8 Å². The lowest BCUT2D eigenvalue weighted by molar-refractivity contribution is -0.146. The molecular weight excluding hydrogens is 1170 g/mol. The minimum Gasteiger partial charge on any atom is -0.507 e. The average Bonchev–Trinajstić information content (AvgIpc) is 0.722. The third kappa shape index (κ3) is 16.7. The van der Waals surface area contributed by atoms with Crippen LogP contribution in [0.4, 0.5) is 5.69 Å². The highest BCUT2D eigenvalue weighted by Crippen LogP contribution is 2.62. The van der Waals surface area contributed by atoms with E-state index in [0.717, 1.165) is 24.0 Å². The van der Waals surface area contributed by atoms with Crippen LogP contribution in [0.25, 0.3) is 6.08 Å². The molecule has 3 aromatic rings. The highest BCUT2D eigenvalue weighted by Gasteiger charge is 2.67. The Balaban J connectivity index is 2.09. The van der Waals surface area contributed by atoms with Crippen molar-refractivity contribution in [2.24, 2.45) is 0 Å². The zero-order chi connectivity index (χ0) is 66.5. The number of nitrogens with zero attached hydrogens (tertiary/aromatic N) is 1. The van der Waals surface area contributed by atoms with Gasteiger partial charge < -0.3 is 46.7 Å². The van der Waals surface area contributed by atoms with Crippen LogP contribution in [-0.2, 0) is 41.5 Å². The Morgan fingerprint density at radius 3 is 1.55 bits per heavy atom. The van der Waals surface area contributed by atoms with Crippen molar-refractivity contribution in [3.63, 3.8) is 0 Å². The SMILES string of the molecule is C=C(COc1ccc(C=C(C(=O)OCC)C(=O)OCC)cc1)[Si](C)(OC(C)(C)C(C)(C)[Si](C)(C)OC(C)(C)C(C)(C)[Si](C)(OC(C)(C)[Si](C)(C)C)C(C)(C)COC(=O)c1ccccc1C(=O)c1ccc(N(CC)CC)cc1O)C(C)(C)O[Si](C)(C)C. The predicted molar refractivity (Wildman–Crippen MR) is 364 cm³/mol. The molecule has 482 valence electrons. The maximum absolute atomic E-state index is 14.5. The van der Waals surface area contributed by atoms with Gasteiger partial charge in [0.2, 0.25) is 16.6 Å². The first-order chi connectivity index (χ1) is 38.9. The lowest BCUT2D eigenvalue weighted by Gasteiger charge is -2.63. The summed E-state index contributed by atoms with van der Waals surface area (Å²) < 4.78 is 53.8. The van der Waals surface area contributed by atoms with Crippen molar-refractivity contribution in [1.82, 2.24) is 0 Å². The first kappa shape index (κ1) is 75.8. The van der Waals surface area contributed by atoms with Gasteiger partial charge in [-0.1, -0.05) is 98.1 Å². The van der Waals surface area contributed by atoms with Gasteiger partial charge in [-0.15, -0.1) is 0 Å². The van der Waals surface area contributed by atoms with Gasteiger partial charge in [-0.05, 0) is 176 Å². The number of anilines is 1. The van der Waals surface area contributed by atoms with Crippen LogP contribution < -0.4 is 9.64 Å². The van der Waals surface area contributed by atoms with Crippen LogP contribution >= 0.6 is 0 Å². The molecule has 0 aromatic heterocycles. The quantitative estimate of drug-likeness (QED) is 0.0119. The molecule has 3 rings (SSSR count). The van der Waals surface area contributed by atoms with E-state index in [1.807, 2.05) is 19.9 Å². The smallest absolute Gasteiger partial charge is 0.345 e. The van der Waals surface area contributed by atoms with E-state index in [1.165, 1.54) is 6.08 Å². The Hall–Kier alpha value is -4.46. The molecule has 86 heavy (non-hydrogen) atoms. The number of ether oxygens (including phenoxy) is 4. The van der Waals surface area contributed by atoms with E-state index in [9.17, 15) is 24.3 Å². The summed E-state index contributed by atoms with van der Waals surface area (Å²) in [6.07, 6.45) is 1.45. The molecule has 0 bridgehead atoms. The van der Waals surface area contributed by atoms with Crippen molar-refractivity contribution in [2.75, 3.05) is 44.4 Å². The van der Waals surface area contributed by atoms with Crippen LogP contribution in [0.3, 0.4) is 0 Å². The molecule has 0 amide bonds. The van der Waals surface area contributed by atoms with Crippen LogP contribution in [0.2, 0.25) is 80.6 Å². The molecule has 0 saturated heterocycles. The summed E-state index contributed by atoms with van der Waals surface area (Å²) in [7, 11) is -13.7. The van der Waals surface area contributed by atoms with E-state index in [-0.39, 0.29) is 54.4 Å². The second-order valence-corrected chi connectivity index (χ2v) is 53.0. The lowest BCUT2D eigenvalue weighted by atomic mass is 9.93. The van der Waals surface area contributed by atoms with Gasteiger partial charge in [0.25, 0.3) is 0 Å². The normalized spacial score (nSPS) is 14.7. The summed E-state index contributed by atoms with van der Waals surface area (Å²) >= 11 is 0. The molecule has 3 aromatic carbocycles. The fourth-order valence-electron chi connectivity index (χ4n) is 10.8. The van der Waals surface area contributed by atoms with E-state index in [1.54, 1.807) is 74.5 Å². The van der Waals surface area contributed by atoms with E-state index < -0.39 is 102 Å². The van der Waals surface area contributed by atoms with Gasteiger partial charge in [0.05, 0.1) is 55.4 Å². The molecule has 0 heterocycles. The molecule has 2 atom stereocenters. The van der Waals surface area contributed by atoms with Gasteiger partial charge in [-0.25, -0.2) is 14.4 Å². The van der Waals surface area contributed by atoms with Crippen molar-refractivity contribution < 1.29 is 60.9 Å². The number of carbonyl (C=O) groups excluding carboxylic acids is 4. The Kier molecular flexibility index (Phi) is 24.4. The monoisotopic (exact) mass is 1280 g/mol. The van der Waals surface area contributed by atoms with Gasteiger partial charge in [-0.3, -0.25) is 4.79 Å². The second-order valence-electron chi connectivity index (χ2n) is 29.3. The number of benzene rings is 3. The Morgan fingerprint density at radius 2 is 1.08 bits per heavy atom. The number of esters is 3. The largest absolute Gasteiger partial charge is 0.507 e. The zero-order valence-corrected chi connectivity index (χ0v) is 63.2. The second kappa shape index (κ2) is 27.7. The molecule has 0 radical (unpaired) electrons. The average molecular weight is 1280 g/mol. The number of aromatic hydroxyl groups is 1. The van der Waals surface area contributed by atoms with Crippen LogP contribution in [0.5, 0.6) is 11.5 Å². The highest BCUT2D eigenvalue weighted by molar-refractivity contribution is 6.84. The summed E-state index contributed by atoms with van der Waals surface area (Å²) in [6, 6.07) is 18.7. The molecule has 1 N–H and O–H groups in total. The summed E-state index contributed by atoms with van der Waals surface area (Å²) in [5.74, 6) is -2.23. The topological polar surface area (TPSA) is 166 Å². The van der Waals surface area contributed by atoms with Crippen molar-refractivity contribution in [3.05, 3.63) is 106 Å². The van der Waals surface area contributed by atoms with Crippen LogP contribution in [0.1, 0.15) is 156 Å². The number of phenols is 1. The van der Waals surface area contributed by atoms with Crippen LogP contribution in [0.15, 0.2) is 84.1 Å². The molecule has 0 aliphatic carbocycles. The van der Waals surface area contributed by atoms with Gasteiger partial charge >= 0.3 is 17.9 Å². The fourth-order valence-corrected chi connectivity index (χ4v) is 27.0. The number of hydrogen-bond acceptors (Lipinski definition) is 14. The Morgan fingerprint density at radius 1 is 0.581 bits per heavy atom. The molecule has 0 fully saturated rings. The van der Waals surface area contributed by atoms with Crippen molar-refractivity contribution in [2.45, 2.75) is 227 Å². The summed E-state index contributed by atoms with van der Waals surface area (Å²) in [4.78, 5) is 56.2. The minimum atomic E-state index is -3.29. The predicted octanol–water partition coefficient (Wildman–Crippen LogP) is 16.4. The number of rotatable bonds is 32. The summed E-state index contributed by atoms with van der Waals surface area (Å²) in [5, 5.41) is 8.71. The van der Waals surface area contributed by atoms with Crippen LogP contribution in [-0.4, -0.2) is 131 Å². The third-order valence-electron chi connectivity index (χ3n) is 19.5. The molecule has 2 unspecified atom stereocenters. The van der Waals surface area contributed by atoms with Gasteiger partial charge in [0, 0.05) is 50.7 Å². The lowest BCUT2D eigenvalue weighted by Crippen LogP contribution is -2.70. The number of hydrogen-bond donors (Lipinski definition) is 1. The van der Waals surface area contributed by atoms with Gasteiger partial charge in [0.15, 0.2) is 22.4 Å². The fraction of sp³-hybridized carbons (Fsp3) is 0.612. The Labute approximate surface area is 524 Å². The summed E-state index contributed by atoms with van der Waals surface area (Å²) in [5.41, 5.74) is -0.118. The highest BCUT2D eigenvalue weighted by atomic mass is 28.4. The number of carbonyl (C=O) groups is 4. The Bertz CT molecular complexity index is 2890. The summed E-state index contributed by atoms with van der Waals surface area (Å²) in [6.45, 7) is 67.1. The van der Waals surface area contributed by atoms with Gasteiger partial charge in [0.1, 0.15) is 23.7 Å². The standard InChI is InChI=1S/C67H111NO13Si5/c1-30-68(31-2)50-40-43-54(56(69)45-50)57(70)52-36-34-35-37-53(52)58(71)77-47-61(6,7)86(29,81-66(16,17)82(20,21)22)65(14,15)63(10,11)78-84(26,27)64(12,13)62(8,9)79-85(28,67(18,19)80-83(23,24)25)48(5)46-76-51-41-38-49(39-42-51)44-55(59(72)74-32-3)60(73)75-33-4/h34-45,69H,5,30-33,46-47H2,1-4,6-29H3. The molecule has 0 saturated carbocycles. The number of phenolic OH excluding ortho intramolecular Hbond substituents is 1. The molecule has 19 heteroatoms. The van der Waals surface area contributed by atoms with E-state index >= 15 is 0 Å².